The zero-order chi connectivity index (χ0) is 17.0. The minimum atomic E-state index is -2.92. The number of nitrogens with zero attached hydrogens (tertiary/aromatic N) is 1. The standard InChI is InChI=1S/C19H20N2O2S/c1-24(22,23)11-10-20-14-15-4-2-5-16(12-15)17-7-8-19-18(13-17)6-3-9-21-19/h2-9,12-13,20H,10-11,14H2,1H3. The van der Waals surface area contributed by atoms with Crippen molar-refractivity contribution < 1.29 is 8.42 Å². The highest BCUT2D eigenvalue weighted by atomic mass is 32.2. The molecule has 0 saturated heterocycles. The van der Waals surface area contributed by atoms with Gasteiger partial charge in [-0.25, -0.2) is 8.42 Å². The number of hydrogen-bond acceptors (Lipinski definition) is 4. The van der Waals surface area contributed by atoms with Gasteiger partial charge in [0.15, 0.2) is 0 Å². The van der Waals surface area contributed by atoms with Gasteiger partial charge in [-0.1, -0.05) is 30.3 Å². The van der Waals surface area contributed by atoms with Crippen molar-refractivity contribution in [2.24, 2.45) is 0 Å². The first-order valence-electron chi connectivity index (χ1n) is 7.84. The predicted octanol–water partition coefficient (Wildman–Crippen LogP) is 3.04. The molecule has 0 bridgehead atoms. The third-order valence-electron chi connectivity index (χ3n) is 3.84. The number of nitrogens with one attached hydrogen (secondary N) is 1. The van der Waals surface area contributed by atoms with Crippen molar-refractivity contribution in [3.8, 4) is 11.1 Å². The number of aromatic nitrogens is 1. The minimum Gasteiger partial charge on any atom is -0.312 e. The molecule has 0 aliphatic carbocycles. The van der Waals surface area contributed by atoms with Crippen molar-refractivity contribution in [1.29, 1.82) is 0 Å². The predicted molar refractivity (Wildman–Crippen MR) is 98.6 cm³/mol. The highest BCUT2D eigenvalue weighted by Gasteiger charge is 2.03. The summed E-state index contributed by atoms with van der Waals surface area (Å²) < 4.78 is 22.3. The van der Waals surface area contributed by atoms with Crippen LogP contribution in [0.25, 0.3) is 22.0 Å². The second kappa shape index (κ2) is 7.11. The fraction of sp³-hybridized carbons (Fsp3) is 0.211. The molecule has 0 aliphatic heterocycles. The first kappa shape index (κ1) is 16.6. The Morgan fingerprint density at radius 3 is 2.67 bits per heavy atom. The van der Waals surface area contributed by atoms with Crippen molar-refractivity contribution in [2.45, 2.75) is 6.54 Å². The lowest BCUT2D eigenvalue weighted by molar-refractivity contribution is 0.596. The van der Waals surface area contributed by atoms with Crippen molar-refractivity contribution >= 4 is 20.7 Å². The van der Waals surface area contributed by atoms with Crippen LogP contribution in [0.5, 0.6) is 0 Å². The van der Waals surface area contributed by atoms with Crippen LogP contribution in [0.2, 0.25) is 0 Å². The van der Waals surface area contributed by atoms with E-state index in [0.29, 0.717) is 13.1 Å². The summed E-state index contributed by atoms with van der Waals surface area (Å²) in [6.07, 6.45) is 3.05. The van der Waals surface area contributed by atoms with Gasteiger partial charge in [-0.3, -0.25) is 4.98 Å². The number of benzene rings is 2. The summed E-state index contributed by atoms with van der Waals surface area (Å²) in [5.41, 5.74) is 4.41. The fourth-order valence-electron chi connectivity index (χ4n) is 2.61. The van der Waals surface area contributed by atoms with E-state index >= 15 is 0 Å². The van der Waals surface area contributed by atoms with Gasteiger partial charge >= 0.3 is 0 Å². The molecule has 24 heavy (non-hydrogen) atoms. The van der Waals surface area contributed by atoms with Gasteiger partial charge in [0.1, 0.15) is 9.84 Å². The molecular weight excluding hydrogens is 320 g/mol. The van der Waals surface area contributed by atoms with Crippen LogP contribution in [0.4, 0.5) is 0 Å². The average Bonchev–Trinajstić information content (AvgIpc) is 2.58. The SMILES string of the molecule is CS(=O)(=O)CCNCc1cccc(-c2ccc3ncccc3c2)c1. The monoisotopic (exact) mass is 340 g/mol. The molecule has 1 heterocycles. The molecule has 3 aromatic rings. The molecule has 0 aliphatic rings. The summed E-state index contributed by atoms with van der Waals surface area (Å²) in [5.74, 6) is 0.157. The van der Waals surface area contributed by atoms with E-state index in [4.69, 9.17) is 0 Å². The topological polar surface area (TPSA) is 59.1 Å². The minimum absolute atomic E-state index is 0.157. The Morgan fingerprint density at radius 2 is 1.83 bits per heavy atom. The maximum atomic E-state index is 11.1. The molecule has 124 valence electrons. The normalized spacial score (nSPS) is 11.7. The van der Waals surface area contributed by atoms with E-state index in [2.05, 4.69) is 40.6 Å². The molecule has 1 N–H and O–H groups in total. The highest BCUT2D eigenvalue weighted by Crippen LogP contribution is 2.24. The molecule has 4 nitrogen and oxygen atoms in total. The maximum Gasteiger partial charge on any atom is 0.148 e. The van der Waals surface area contributed by atoms with E-state index in [1.54, 1.807) is 6.20 Å². The third-order valence-corrected chi connectivity index (χ3v) is 4.79. The van der Waals surface area contributed by atoms with E-state index in [0.717, 1.165) is 27.6 Å². The number of hydrogen-bond donors (Lipinski definition) is 1. The van der Waals surface area contributed by atoms with E-state index in [-0.39, 0.29) is 5.75 Å². The van der Waals surface area contributed by atoms with Crippen molar-refractivity contribution in [2.75, 3.05) is 18.6 Å². The first-order valence-corrected chi connectivity index (χ1v) is 9.90. The van der Waals surface area contributed by atoms with E-state index in [1.807, 2.05) is 24.3 Å². The van der Waals surface area contributed by atoms with Crippen molar-refractivity contribution in [3.05, 3.63) is 66.4 Å². The van der Waals surface area contributed by atoms with Crippen molar-refractivity contribution in [3.63, 3.8) is 0 Å². The Labute approximate surface area is 142 Å². The molecular formula is C19H20N2O2S. The van der Waals surface area contributed by atoms with Gasteiger partial charge in [0.25, 0.3) is 0 Å². The summed E-state index contributed by atoms with van der Waals surface area (Å²) in [5, 5.41) is 4.29. The zero-order valence-corrected chi connectivity index (χ0v) is 14.4. The van der Waals surface area contributed by atoms with Gasteiger partial charge in [0.05, 0.1) is 11.3 Å². The molecule has 0 amide bonds. The van der Waals surface area contributed by atoms with Gasteiger partial charge in [-0.05, 0) is 41.0 Å². The summed E-state index contributed by atoms with van der Waals surface area (Å²) in [6, 6.07) is 18.5. The van der Waals surface area contributed by atoms with Gasteiger partial charge in [0.2, 0.25) is 0 Å². The largest absolute Gasteiger partial charge is 0.312 e. The summed E-state index contributed by atoms with van der Waals surface area (Å²) in [4.78, 5) is 4.34. The summed E-state index contributed by atoms with van der Waals surface area (Å²) in [7, 11) is -2.92. The molecule has 1 aromatic heterocycles. The van der Waals surface area contributed by atoms with E-state index in [1.165, 1.54) is 6.26 Å². The number of sulfone groups is 1. The Hall–Kier alpha value is -2.24. The van der Waals surface area contributed by atoms with Crippen molar-refractivity contribution in [1.82, 2.24) is 10.3 Å². The highest BCUT2D eigenvalue weighted by molar-refractivity contribution is 7.90. The van der Waals surface area contributed by atoms with Crippen LogP contribution in [0.15, 0.2) is 60.8 Å². The average molecular weight is 340 g/mol. The van der Waals surface area contributed by atoms with Gasteiger partial charge < -0.3 is 5.32 Å². The van der Waals surface area contributed by atoms with Crippen LogP contribution >= 0.6 is 0 Å². The summed E-state index contributed by atoms with van der Waals surface area (Å²) in [6.45, 7) is 1.11. The van der Waals surface area contributed by atoms with Crippen LogP contribution in [0.1, 0.15) is 5.56 Å². The molecule has 0 fully saturated rings. The van der Waals surface area contributed by atoms with Crippen LogP contribution in [-0.2, 0) is 16.4 Å². The smallest absolute Gasteiger partial charge is 0.148 e. The number of pyridine rings is 1. The van der Waals surface area contributed by atoms with Crippen LogP contribution < -0.4 is 5.32 Å². The van der Waals surface area contributed by atoms with Gasteiger partial charge in [0, 0.05) is 30.9 Å². The second-order valence-corrected chi connectivity index (χ2v) is 8.18. The maximum absolute atomic E-state index is 11.1. The number of rotatable bonds is 6. The lowest BCUT2D eigenvalue weighted by Crippen LogP contribution is -2.21. The zero-order valence-electron chi connectivity index (χ0n) is 13.6. The lowest BCUT2D eigenvalue weighted by atomic mass is 10.0. The molecule has 3 rings (SSSR count). The summed E-state index contributed by atoms with van der Waals surface area (Å²) >= 11 is 0. The Kier molecular flexibility index (Phi) is 4.92. The third kappa shape index (κ3) is 4.40. The molecule has 0 unspecified atom stereocenters. The molecule has 0 radical (unpaired) electrons. The van der Waals surface area contributed by atoms with Crippen LogP contribution in [0.3, 0.4) is 0 Å². The molecule has 0 atom stereocenters. The van der Waals surface area contributed by atoms with Crippen LogP contribution in [0, 0.1) is 0 Å². The Balaban J connectivity index is 1.74. The van der Waals surface area contributed by atoms with Gasteiger partial charge in [-0.15, -0.1) is 0 Å². The van der Waals surface area contributed by atoms with E-state index in [9.17, 15) is 8.42 Å². The Morgan fingerprint density at radius 1 is 1.00 bits per heavy atom. The second-order valence-electron chi connectivity index (χ2n) is 5.92. The molecule has 2 aromatic carbocycles. The van der Waals surface area contributed by atoms with E-state index < -0.39 is 9.84 Å². The lowest BCUT2D eigenvalue weighted by Gasteiger charge is -2.08. The molecule has 5 heteroatoms. The number of fused-ring (bicyclic) bond motifs is 1. The molecule has 0 saturated carbocycles. The Bertz CT molecular complexity index is 952. The quantitative estimate of drug-likeness (QED) is 0.701. The van der Waals surface area contributed by atoms with Crippen LogP contribution in [-0.4, -0.2) is 32.0 Å². The molecule has 0 spiro atoms. The fourth-order valence-corrected chi connectivity index (χ4v) is 3.12. The first-order chi connectivity index (χ1) is 11.5. The van der Waals surface area contributed by atoms with Gasteiger partial charge in [-0.2, -0.15) is 0 Å².